The van der Waals surface area contributed by atoms with E-state index in [4.69, 9.17) is 0 Å². The molecule has 0 fully saturated rings. The van der Waals surface area contributed by atoms with E-state index in [9.17, 15) is 14.7 Å². The van der Waals surface area contributed by atoms with Crippen molar-refractivity contribution in [3.63, 3.8) is 0 Å². The molecule has 0 atom stereocenters. The number of unbranched alkanes of at least 4 members (excludes halogenated alkanes) is 4. The Bertz CT molecular complexity index is 570. The van der Waals surface area contributed by atoms with Crippen LogP contribution >= 0.6 is 0 Å². The number of carbonyl (C=O) groups is 2. The zero-order chi connectivity index (χ0) is 15.2. The molecule has 3 nitrogen and oxygen atoms in total. The van der Waals surface area contributed by atoms with E-state index in [2.05, 4.69) is 6.92 Å². The van der Waals surface area contributed by atoms with Gasteiger partial charge >= 0.3 is 0 Å². The van der Waals surface area contributed by atoms with Gasteiger partial charge in [0.25, 0.3) is 0 Å². The fraction of sp³-hybridized carbons (Fsp3) is 0.444. The van der Waals surface area contributed by atoms with Crippen LogP contribution < -0.4 is 0 Å². The summed E-state index contributed by atoms with van der Waals surface area (Å²) in [6.07, 6.45) is 5.78. The van der Waals surface area contributed by atoms with Gasteiger partial charge in [-0.05, 0) is 12.0 Å². The molecule has 0 saturated heterocycles. The first-order chi connectivity index (χ1) is 10.1. The Morgan fingerprint density at radius 1 is 1.14 bits per heavy atom. The molecule has 0 aromatic heterocycles. The Kier molecular flexibility index (Phi) is 5.32. The summed E-state index contributed by atoms with van der Waals surface area (Å²) in [4.78, 5) is 24.3. The summed E-state index contributed by atoms with van der Waals surface area (Å²) >= 11 is 0. The highest BCUT2D eigenvalue weighted by molar-refractivity contribution is 6.26. The lowest BCUT2D eigenvalue weighted by Crippen LogP contribution is -2.22. The van der Waals surface area contributed by atoms with Gasteiger partial charge in [0.15, 0.2) is 11.6 Å². The smallest absolute Gasteiger partial charge is 0.174 e. The molecular formula is C18H22O3. The Hall–Kier alpha value is -1.90. The van der Waals surface area contributed by atoms with E-state index >= 15 is 0 Å². The first-order valence-corrected chi connectivity index (χ1v) is 7.73. The van der Waals surface area contributed by atoms with Crippen molar-refractivity contribution in [1.82, 2.24) is 0 Å². The molecule has 1 aliphatic carbocycles. The number of hydrogen-bond acceptors (Lipinski definition) is 3. The molecule has 1 aliphatic rings. The maximum atomic E-state index is 12.2. The second kappa shape index (κ2) is 7.21. The van der Waals surface area contributed by atoms with Crippen LogP contribution in [0.3, 0.4) is 0 Å². The normalized spacial score (nSPS) is 14.2. The Morgan fingerprint density at radius 2 is 1.86 bits per heavy atom. The SMILES string of the molecule is CCCCCCCC(=O)C1=C(O)c2ccccc2CC1=O. The number of carbonyl (C=O) groups excluding carboxylic acids is 2. The van der Waals surface area contributed by atoms with Crippen molar-refractivity contribution >= 4 is 17.3 Å². The lowest BCUT2D eigenvalue weighted by molar-refractivity contribution is -0.121. The molecule has 1 N–H and O–H groups in total. The summed E-state index contributed by atoms with van der Waals surface area (Å²) in [6.45, 7) is 2.14. The van der Waals surface area contributed by atoms with Gasteiger partial charge in [-0.1, -0.05) is 56.9 Å². The number of benzene rings is 1. The fourth-order valence-corrected chi connectivity index (χ4v) is 2.74. The molecule has 0 unspecified atom stereocenters. The first kappa shape index (κ1) is 15.5. The molecule has 1 aromatic rings. The average Bonchev–Trinajstić information content (AvgIpc) is 2.47. The van der Waals surface area contributed by atoms with E-state index in [-0.39, 0.29) is 29.3 Å². The molecule has 1 aromatic carbocycles. The number of allylic oxidation sites excluding steroid dienone is 1. The van der Waals surface area contributed by atoms with Crippen molar-refractivity contribution < 1.29 is 14.7 Å². The van der Waals surface area contributed by atoms with Crippen LogP contribution in [-0.2, 0) is 16.0 Å². The zero-order valence-corrected chi connectivity index (χ0v) is 12.5. The molecule has 0 saturated carbocycles. The molecule has 2 rings (SSSR count). The molecular weight excluding hydrogens is 264 g/mol. The summed E-state index contributed by atoms with van der Waals surface area (Å²) in [5, 5.41) is 10.2. The highest BCUT2D eigenvalue weighted by Gasteiger charge is 2.29. The number of aliphatic hydroxyl groups is 1. The number of ketones is 2. The third-order valence-corrected chi connectivity index (χ3v) is 3.93. The van der Waals surface area contributed by atoms with Crippen molar-refractivity contribution in [1.29, 1.82) is 0 Å². The van der Waals surface area contributed by atoms with Gasteiger partial charge in [-0.3, -0.25) is 9.59 Å². The predicted molar refractivity (Wildman–Crippen MR) is 83.1 cm³/mol. The van der Waals surface area contributed by atoms with Crippen LogP contribution in [0.15, 0.2) is 29.8 Å². The minimum Gasteiger partial charge on any atom is -0.506 e. The van der Waals surface area contributed by atoms with E-state index in [0.29, 0.717) is 12.0 Å². The van der Waals surface area contributed by atoms with Crippen LogP contribution in [0.4, 0.5) is 0 Å². The van der Waals surface area contributed by atoms with Gasteiger partial charge in [-0.25, -0.2) is 0 Å². The van der Waals surface area contributed by atoms with Gasteiger partial charge in [-0.2, -0.15) is 0 Å². The molecule has 0 spiro atoms. The van der Waals surface area contributed by atoms with Gasteiger partial charge in [0.2, 0.25) is 0 Å². The molecule has 0 radical (unpaired) electrons. The molecule has 112 valence electrons. The fourth-order valence-electron chi connectivity index (χ4n) is 2.74. The van der Waals surface area contributed by atoms with E-state index in [0.717, 1.165) is 31.2 Å². The van der Waals surface area contributed by atoms with Gasteiger partial charge in [0.1, 0.15) is 11.3 Å². The maximum absolute atomic E-state index is 12.2. The van der Waals surface area contributed by atoms with Crippen molar-refractivity contribution in [2.24, 2.45) is 0 Å². The Balaban J connectivity index is 2.07. The topological polar surface area (TPSA) is 54.4 Å². The van der Waals surface area contributed by atoms with Crippen molar-refractivity contribution in [2.45, 2.75) is 51.9 Å². The molecule has 0 heterocycles. The minimum absolute atomic E-state index is 0.00388. The summed E-state index contributed by atoms with van der Waals surface area (Å²) in [6, 6.07) is 7.21. The van der Waals surface area contributed by atoms with Gasteiger partial charge < -0.3 is 5.11 Å². The number of aliphatic hydroxyl groups excluding tert-OH is 1. The number of Topliss-reactive ketones (excluding diaryl/α,β-unsaturated/α-hetero) is 2. The summed E-state index contributed by atoms with van der Waals surface area (Å²) in [7, 11) is 0. The Morgan fingerprint density at radius 3 is 2.62 bits per heavy atom. The molecule has 0 amide bonds. The van der Waals surface area contributed by atoms with Gasteiger partial charge in [0.05, 0.1) is 0 Å². The first-order valence-electron chi connectivity index (χ1n) is 7.73. The van der Waals surface area contributed by atoms with Gasteiger partial charge in [0, 0.05) is 18.4 Å². The van der Waals surface area contributed by atoms with Crippen LogP contribution in [0, 0.1) is 0 Å². The van der Waals surface area contributed by atoms with Crippen LogP contribution in [0.2, 0.25) is 0 Å². The monoisotopic (exact) mass is 286 g/mol. The number of fused-ring (bicyclic) bond motifs is 1. The van der Waals surface area contributed by atoms with Crippen LogP contribution in [0.1, 0.15) is 56.6 Å². The average molecular weight is 286 g/mol. The van der Waals surface area contributed by atoms with E-state index < -0.39 is 0 Å². The van der Waals surface area contributed by atoms with Crippen molar-refractivity contribution in [2.75, 3.05) is 0 Å². The highest BCUT2D eigenvalue weighted by Crippen LogP contribution is 2.28. The summed E-state index contributed by atoms with van der Waals surface area (Å²) < 4.78 is 0. The Labute approximate surface area is 125 Å². The molecule has 3 heteroatoms. The summed E-state index contributed by atoms with van der Waals surface area (Å²) in [5.74, 6) is -0.617. The van der Waals surface area contributed by atoms with Crippen LogP contribution in [0.25, 0.3) is 5.76 Å². The maximum Gasteiger partial charge on any atom is 0.174 e. The lowest BCUT2D eigenvalue weighted by atomic mass is 9.86. The second-order valence-corrected chi connectivity index (χ2v) is 5.57. The van der Waals surface area contributed by atoms with E-state index in [1.54, 1.807) is 12.1 Å². The minimum atomic E-state index is -0.259. The molecule has 21 heavy (non-hydrogen) atoms. The number of hydrogen-bond donors (Lipinski definition) is 1. The predicted octanol–water partition coefficient (Wildman–Crippen LogP) is 4.01. The second-order valence-electron chi connectivity index (χ2n) is 5.57. The van der Waals surface area contributed by atoms with Crippen molar-refractivity contribution in [3.05, 3.63) is 41.0 Å². The lowest BCUT2D eigenvalue weighted by Gasteiger charge is -2.17. The van der Waals surface area contributed by atoms with Crippen LogP contribution in [0.5, 0.6) is 0 Å². The summed E-state index contributed by atoms with van der Waals surface area (Å²) in [5.41, 5.74) is 1.41. The third kappa shape index (κ3) is 3.60. The zero-order valence-electron chi connectivity index (χ0n) is 12.5. The molecule has 0 aliphatic heterocycles. The highest BCUT2D eigenvalue weighted by atomic mass is 16.3. The third-order valence-electron chi connectivity index (χ3n) is 3.93. The van der Waals surface area contributed by atoms with Gasteiger partial charge in [-0.15, -0.1) is 0 Å². The molecule has 0 bridgehead atoms. The quantitative estimate of drug-likeness (QED) is 0.608. The van der Waals surface area contributed by atoms with Crippen LogP contribution in [-0.4, -0.2) is 16.7 Å². The standard InChI is InChI=1S/C18H22O3/c1-2-3-4-5-6-11-15(19)17-16(20)12-13-9-7-8-10-14(13)18(17)21/h7-10,21H,2-6,11-12H2,1H3. The van der Waals surface area contributed by atoms with E-state index in [1.807, 2.05) is 12.1 Å². The van der Waals surface area contributed by atoms with E-state index in [1.165, 1.54) is 6.42 Å². The van der Waals surface area contributed by atoms with Crippen molar-refractivity contribution in [3.8, 4) is 0 Å². The number of rotatable bonds is 7. The largest absolute Gasteiger partial charge is 0.506 e.